The van der Waals surface area contributed by atoms with E-state index in [0.29, 0.717) is 26.2 Å². The number of piperazine rings is 1. The number of nitrogens with one attached hydrogen (secondary N) is 1. The molecular weight excluding hydrogens is 406 g/mol. The average molecular weight is 440 g/mol. The van der Waals surface area contributed by atoms with Gasteiger partial charge in [0.05, 0.1) is 40.0 Å². The van der Waals surface area contributed by atoms with Crippen LogP contribution < -0.4 is 20.6 Å². The molecule has 0 spiro atoms. The highest BCUT2D eigenvalue weighted by atomic mass is 16.5. The number of carbonyl (C=O) groups is 1. The van der Waals surface area contributed by atoms with Crippen molar-refractivity contribution in [3.05, 3.63) is 71.9 Å². The zero-order chi connectivity index (χ0) is 23.1. The molecule has 0 bridgehead atoms. The van der Waals surface area contributed by atoms with Gasteiger partial charge in [-0.15, -0.1) is 0 Å². The molecule has 3 N–H and O–H groups in total. The topological polar surface area (TPSA) is 83.3 Å². The summed E-state index contributed by atoms with van der Waals surface area (Å²) in [7, 11) is 5.23. The third-order valence-electron chi connectivity index (χ3n) is 5.54. The van der Waals surface area contributed by atoms with E-state index in [-0.39, 0.29) is 18.6 Å². The van der Waals surface area contributed by atoms with Crippen molar-refractivity contribution in [2.45, 2.75) is 19.3 Å². The number of likely N-dealkylation sites (N-methyl/N-ethyl adjacent to an activating group) is 1. The first-order chi connectivity index (χ1) is 15.4. The maximum atomic E-state index is 12.8. The van der Waals surface area contributed by atoms with Crippen LogP contribution in [0, 0.1) is 0 Å². The lowest BCUT2D eigenvalue weighted by Gasteiger charge is -2.42. The lowest BCUT2D eigenvalue weighted by atomic mass is 10.1. The SMILES string of the molecule is C=C(CN(C)NCc1ccc(OC)cc1)N1CC(=O)N(Cc2ccc(OC)cc2)CC1N. The van der Waals surface area contributed by atoms with Gasteiger partial charge in [0, 0.05) is 25.8 Å². The Kier molecular flexibility index (Phi) is 8.10. The van der Waals surface area contributed by atoms with Gasteiger partial charge in [0.25, 0.3) is 0 Å². The van der Waals surface area contributed by atoms with Crippen molar-refractivity contribution in [3.8, 4) is 11.5 Å². The van der Waals surface area contributed by atoms with Gasteiger partial charge >= 0.3 is 0 Å². The molecule has 32 heavy (non-hydrogen) atoms. The number of nitrogens with zero attached hydrogens (tertiary/aromatic N) is 3. The number of hydrogen-bond donors (Lipinski definition) is 2. The minimum absolute atomic E-state index is 0.0394. The fraction of sp³-hybridized carbons (Fsp3) is 0.375. The van der Waals surface area contributed by atoms with Gasteiger partial charge < -0.3 is 25.0 Å². The molecule has 1 atom stereocenters. The van der Waals surface area contributed by atoms with Crippen LogP contribution >= 0.6 is 0 Å². The van der Waals surface area contributed by atoms with Gasteiger partial charge in [-0.05, 0) is 35.4 Å². The van der Waals surface area contributed by atoms with E-state index in [4.69, 9.17) is 15.2 Å². The van der Waals surface area contributed by atoms with Crippen LogP contribution in [0.15, 0.2) is 60.8 Å². The van der Waals surface area contributed by atoms with Crippen LogP contribution in [0.2, 0.25) is 0 Å². The molecule has 1 saturated heterocycles. The van der Waals surface area contributed by atoms with Gasteiger partial charge in [0.2, 0.25) is 5.91 Å². The summed E-state index contributed by atoms with van der Waals surface area (Å²) in [6.07, 6.45) is -0.298. The second-order valence-corrected chi connectivity index (χ2v) is 7.92. The molecule has 1 aliphatic heterocycles. The largest absolute Gasteiger partial charge is 0.497 e. The van der Waals surface area contributed by atoms with Crippen LogP contribution in [0.1, 0.15) is 11.1 Å². The van der Waals surface area contributed by atoms with E-state index in [1.807, 2.05) is 65.5 Å². The first kappa shape index (κ1) is 23.6. The third kappa shape index (κ3) is 6.23. The highest BCUT2D eigenvalue weighted by Crippen LogP contribution is 2.18. The van der Waals surface area contributed by atoms with Crippen molar-refractivity contribution < 1.29 is 14.3 Å². The highest BCUT2D eigenvalue weighted by molar-refractivity contribution is 5.79. The zero-order valence-electron chi connectivity index (χ0n) is 19.1. The Morgan fingerprint density at radius 2 is 1.66 bits per heavy atom. The Bertz CT molecular complexity index is 901. The number of benzene rings is 2. The number of hydrogen-bond acceptors (Lipinski definition) is 7. The maximum absolute atomic E-state index is 12.8. The predicted octanol–water partition coefficient (Wildman–Crippen LogP) is 1.78. The zero-order valence-corrected chi connectivity index (χ0v) is 19.1. The van der Waals surface area contributed by atoms with E-state index >= 15 is 0 Å². The summed E-state index contributed by atoms with van der Waals surface area (Å²) in [5, 5.41) is 1.95. The molecule has 2 aromatic carbocycles. The molecule has 3 rings (SSSR count). The molecule has 8 heteroatoms. The van der Waals surface area contributed by atoms with Crippen LogP contribution in [-0.2, 0) is 17.9 Å². The van der Waals surface area contributed by atoms with Crippen LogP contribution in [0.5, 0.6) is 11.5 Å². The molecule has 1 aliphatic rings. The molecule has 0 aliphatic carbocycles. The fourth-order valence-corrected chi connectivity index (χ4v) is 3.63. The number of methoxy groups -OCH3 is 2. The summed E-state index contributed by atoms with van der Waals surface area (Å²) in [5.41, 5.74) is 12.7. The van der Waals surface area contributed by atoms with E-state index in [0.717, 1.165) is 28.3 Å². The molecule has 2 aromatic rings. The number of rotatable bonds is 10. The summed E-state index contributed by atoms with van der Waals surface area (Å²) in [6, 6.07) is 15.6. The minimum atomic E-state index is -0.298. The number of nitrogens with two attached hydrogens (primary N) is 1. The Labute approximate surface area is 190 Å². The number of ether oxygens (including phenoxy) is 2. The summed E-state index contributed by atoms with van der Waals surface area (Å²) < 4.78 is 10.4. The Balaban J connectivity index is 1.48. The maximum Gasteiger partial charge on any atom is 0.242 e. The Morgan fingerprint density at radius 1 is 1.09 bits per heavy atom. The third-order valence-corrected chi connectivity index (χ3v) is 5.54. The predicted molar refractivity (Wildman–Crippen MR) is 125 cm³/mol. The van der Waals surface area contributed by atoms with Gasteiger partial charge in [-0.2, -0.15) is 0 Å². The lowest BCUT2D eigenvalue weighted by molar-refractivity contribution is -0.138. The van der Waals surface area contributed by atoms with Gasteiger partial charge in [-0.25, -0.2) is 5.01 Å². The van der Waals surface area contributed by atoms with Crippen molar-refractivity contribution in [2.24, 2.45) is 5.73 Å². The second-order valence-electron chi connectivity index (χ2n) is 7.92. The highest BCUT2D eigenvalue weighted by Gasteiger charge is 2.30. The van der Waals surface area contributed by atoms with Crippen LogP contribution in [0.3, 0.4) is 0 Å². The molecule has 0 aromatic heterocycles. The van der Waals surface area contributed by atoms with Gasteiger partial charge in [-0.1, -0.05) is 30.8 Å². The summed E-state index contributed by atoms with van der Waals surface area (Å²) in [6.45, 7) is 6.60. The Morgan fingerprint density at radius 3 is 2.22 bits per heavy atom. The van der Waals surface area contributed by atoms with Gasteiger partial charge in [-0.3, -0.25) is 10.2 Å². The number of hydrazine groups is 1. The van der Waals surface area contributed by atoms with Crippen molar-refractivity contribution in [2.75, 3.05) is 40.9 Å². The van der Waals surface area contributed by atoms with Gasteiger partial charge in [0.1, 0.15) is 11.5 Å². The fourth-order valence-electron chi connectivity index (χ4n) is 3.63. The molecule has 1 unspecified atom stereocenters. The number of carbonyl (C=O) groups excluding carboxylic acids is 1. The van der Waals surface area contributed by atoms with Crippen molar-refractivity contribution in [1.29, 1.82) is 0 Å². The second kappa shape index (κ2) is 11.0. The molecule has 1 amide bonds. The standard InChI is InChI=1S/C24H33N5O3/c1-18(14-27(2)26-13-19-5-9-21(31-3)10-6-19)29-17-24(30)28(16-23(29)25)15-20-7-11-22(32-4)12-8-20/h5-12,23,26H,1,13-17,25H2,2-4H3. The first-order valence-corrected chi connectivity index (χ1v) is 10.6. The minimum Gasteiger partial charge on any atom is -0.497 e. The quantitative estimate of drug-likeness (QED) is 0.546. The molecule has 0 radical (unpaired) electrons. The Hall–Kier alpha value is -3.07. The molecule has 1 fully saturated rings. The van der Waals surface area contributed by atoms with E-state index in [1.165, 1.54) is 0 Å². The monoisotopic (exact) mass is 439 g/mol. The summed E-state index contributed by atoms with van der Waals surface area (Å²) in [5.74, 6) is 1.67. The molecular formula is C24H33N5O3. The summed E-state index contributed by atoms with van der Waals surface area (Å²) >= 11 is 0. The van der Waals surface area contributed by atoms with Gasteiger partial charge in [0.15, 0.2) is 0 Å². The molecule has 1 heterocycles. The first-order valence-electron chi connectivity index (χ1n) is 10.6. The van der Waals surface area contributed by atoms with Crippen molar-refractivity contribution >= 4 is 5.91 Å². The van der Waals surface area contributed by atoms with Crippen LogP contribution in [-0.4, -0.2) is 67.8 Å². The van der Waals surface area contributed by atoms with E-state index in [2.05, 4.69) is 12.0 Å². The average Bonchev–Trinajstić information content (AvgIpc) is 2.80. The van der Waals surface area contributed by atoms with Crippen molar-refractivity contribution in [3.63, 3.8) is 0 Å². The van der Waals surface area contributed by atoms with E-state index < -0.39 is 0 Å². The summed E-state index contributed by atoms with van der Waals surface area (Å²) in [4.78, 5) is 16.4. The lowest BCUT2D eigenvalue weighted by Crippen LogP contribution is -2.59. The molecule has 8 nitrogen and oxygen atoms in total. The molecule has 0 saturated carbocycles. The van der Waals surface area contributed by atoms with Crippen LogP contribution in [0.25, 0.3) is 0 Å². The van der Waals surface area contributed by atoms with Crippen LogP contribution in [0.4, 0.5) is 0 Å². The van der Waals surface area contributed by atoms with E-state index in [1.54, 1.807) is 19.1 Å². The molecule has 172 valence electrons. The van der Waals surface area contributed by atoms with E-state index in [9.17, 15) is 4.79 Å². The number of amides is 1. The smallest absolute Gasteiger partial charge is 0.242 e. The normalized spacial score (nSPS) is 16.4. The van der Waals surface area contributed by atoms with Crippen molar-refractivity contribution in [1.82, 2.24) is 20.2 Å².